The van der Waals surface area contributed by atoms with E-state index in [1.807, 2.05) is 0 Å². The van der Waals surface area contributed by atoms with Gasteiger partial charge in [0, 0.05) is 6.42 Å². The van der Waals surface area contributed by atoms with Gasteiger partial charge in [0.05, 0.1) is 16.1 Å². The molecular formula is C14H17ClFNO3. The Morgan fingerprint density at radius 3 is 2.55 bits per heavy atom. The van der Waals surface area contributed by atoms with Crippen molar-refractivity contribution in [1.82, 2.24) is 0 Å². The predicted molar refractivity (Wildman–Crippen MR) is 75.2 cm³/mol. The van der Waals surface area contributed by atoms with Crippen molar-refractivity contribution in [3.8, 4) is 0 Å². The van der Waals surface area contributed by atoms with E-state index in [1.54, 1.807) is 13.8 Å². The van der Waals surface area contributed by atoms with Crippen molar-refractivity contribution in [2.45, 2.75) is 27.2 Å². The van der Waals surface area contributed by atoms with E-state index in [4.69, 9.17) is 11.6 Å². The number of hydrogen-bond acceptors (Lipinski definition) is 2. The smallest absolute Gasteiger partial charge is 0.310 e. The number of carboxylic acid groups (broad SMARTS) is 1. The Hall–Kier alpha value is -1.62. The lowest BCUT2D eigenvalue weighted by Crippen LogP contribution is -2.37. The molecule has 4 nitrogen and oxygen atoms in total. The van der Waals surface area contributed by atoms with Gasteiger partial charge in [-0.1, -0.05) is 31.5 Å². The molecule has 6 heteroatoms. The minimum Gasteiger partial charge on any atom is -0.481 e. The molecule has 1 aromatic rings. The summed E-state index contributed by atoms with van der Waals surface area (Å²) in [5, 5.41) is 11.5. The third-order valence-corrected chi connectivity index (χ3v) is 3.81. The van der Waals surface area contributed by atoms with Gasteiger partial charge >= 0.3 is 5.97 Å². The van der Waals surface area contributed by atoms with Gasteiger partial charge in [0.15, 0.2) is 5.82 Å². The largest absolute Gasteiger partial charge is 0.481 e. The Morgan fingerprint density at radius 1 is 1.45 bits per heavy atom. The van der Waals surface area contributed by atoms with Crippen molar-refractivity contribution >= 4 is 29.2 Å². The van der Waals surface area contributed by atoms with Gasteiger partial charge in [-0.3, -0.25) is 9.59 Å². The number of rotatable bonds is 5. The van der Waals surface area contributed by atoms with Gasteiger partial charge in [-0.2, -0.15) is 0 Å². The monoisotopic (exact) mass is 301 g/mol. The van der Waals surface area contributed by atoms with Crippen LogP contribution in [0.15, 0.2) is 18.2 Å². The zero-order valence-corrected chi connectivity index (χ0v) is 12.3. The summed E-state index contributed by atoms with van der Waals surface area (Å²) in [5.74, 6) is -2.60. The molecule has 0 saturated carbocycles. The van der Waals surface area contributed by atoms with Crippen LogP contribution in [-0.4, -0.2) is 17.0 Å². The maximum atomic E-state index is 13.6. The molecule has 0 aromatic heterocycles. The summed E-state index contributed by atoms with van der Waals surface area (Å²) in [6.45, 7) is 4.94. The highest BCUT2D eigenvalue weighted by atomic mass is 35.5. The van der Waals surface area contributed by atoms with Crippen LogP contribution >= 0.6 is 11.6 Å². The van der Waals surface area contributed by atoms with Crippen LogP contribution in [0.3, 0.4) is 0 Å². The lowest BCUT2D eigenvalue weighted by molar-refractivity contribution is -0.153. The van der Waals surface area contributed by atoms with Gasteiger partial charge in [0.1, 0.15) is 0 Å². The minimum atomic E-state index is -1.21. The molecule has 0 heterocycles. The maximum Gasteiger partial charge on any atom is 0.310 e. The van der Waals surface area contributed by atoms with Crippen molar-refractivity contribution in [2.75, 3.05) is 5.32 Å². The van der Waals surface area contributed by atoms with Crippen molar-refractivity contribution in [3.63, 3.8) is 0 Å². The summed E-state index contributed by atoms with van der Waals surface area (Å²) in [5.41, 5.74) is -1.27. The Balaban J connectivity index is 2.87. The molecule has 1 rings (SSSR count). The van der Waals surface area contributed by atoms with Gasteiger partial charge in [-0.25, -0.2) is 4.39 Å². The first-order valence-corrected chi connectivity index (χ1v) is 6.53. The SMILES string of the molecule is CC(C)C(C)(CC(=O)Nc1cccc(Cl)c1F)C(=O)O. The molecule has 0 radical (unpaired) electrons. The van der Waals surface area contributed by atoms with E-state index in [0.717, 1.165) is 0 Å². The fraction of sp³-hybridized carbons (Fsp3) is 0.429. The first-order valence-electron chi connectivity index (χ1n) is 6.15. The lowest BCUT2D eigenvalue weighted by atomic mass is 9.76. The van der Waals surface area contributed by atoms with Crippen LogP contribution in [0.2, 0.25) is 5.02 Å². The van der Waals surface area contributed by atoms with E-state index < -0.39 is 23.1 Å². The zero-order valence-electron chi connectivity index (χ0n) is 11.5. The number of nitrogens with one attached hydrogen (secondary N) is 1. The fourth-order valence-corrected chi connectivity index (χ4v) is 1.83. The van der Waals surface area contributed by atoms with Crippen LogP contribution in [0.5, 0.6) is 0 Å². The number of halogens is 2. The van der Waals surface area contributed by atoms with Crippen molar-refractivity contribution in [1.29, 1.82) is 0 Å². The lowest BCUT2D eigenvalue weighted by Gasteiger charge is -2.28. The second-order valence-corrected chi connectivity index (χ2v) is 5.61. The standard InChI is InChI=1S/C14H17ClFNO3/c1-8(2)14(3,13(19)20)7-11(18)17-10-6-4-5-9(15)12(10)16/h4-6,8H,7H2,1-3H3,(H,17,18)(H,19,20). The topological polar surface area (TPSA) is 66.4 Å². The highest BCUT2D eigenvalue weighted by molar-refractivity contribution is 6.31. The van der Waals surface area contributed by atoms with Crippen LogP contribution in [0.4, 0.5) is 10.1 Å². The summed E-state index contributed by atoms with van der Waals surface area (Å²) < 4.78 is 13.6. The second kappa shape index (κ2) is 6.22. The highest BCUT2D eigenvalue weighted by Crippen LogP contribution is 2.32. The van der Waals surface area contributed by atoms with E-state index >= 15 is 0 Å². The molecule has 1 amide bonds. The van der Waals surface area contributed by atoms with Gasteiger partial charge in [-0.15, -0.1) is 0 Å². The Labute approximate surface area is 121 Å². The van der Waals surface area contributed by atoms with Crippen molar-refractivity contribution in [3.05, 3.63) is 29.0 Å². The fourth-order valence-electron chi connectivity index (χ4n) is 1.65. The van der Waals surface area contributed by atoms with Crippen LogP contribution in [0.1, 0.15) is 27.2 Å². The van der Waals surface area contributed by atoms with Gasteiger partial charge in [0.2, 0.25) is 5.91 Å². The number of hydrogen-bond donors (Lipinski definition) is 2. The number of carboxylic acids is 1. The Bertz CT molecular complexity index is 533. The molecule has 1 unspecified atom stereocenters. The number of benzene rings is 1. The van der Waals surface area contributed by atoms with Gasteiger partial charge < -0.3 is 10.4 Å². The number of anilines is 1. The molecule has 0 aliphatic rings. The zero-order chi connectivity index (χ0) is 15.5. The second-order valence-electron chi connectivity index (χ2n) is 5.20. The number of amides is 1. The molecule has 1 atom stereocenters. The molecule has 0 aliphatic heterocycles. The number of carbonyl (C=O) groups is 2. The van der Waals surface area contributed by atoms with E-state index in [2.05, 4.69) is 5.32 Å². The summed E-state index contributed by atoms with van der Waals surface area (Å²) in [4.78, 5) is 23.2. The van der Waals surface area contributed by atoms with E-state index in [-0.39, 0.29) is 23.0 Å². The van der Waals surface area contributed by atoms with Crippen LogP contribution in [0, 0.1) is 17.2 Å². The van der Waals surface area contributed by atoms with Gasteiger partial charge in [0.25, 0.3) is 0 Å². The summed E-state index contributed by atoms with van der Waals surface area (Å²) in [6, 6.07) is 4.23. The molecule has 20 heavy (non-hydrogen) atoms. The minimum absolute atomic E-state index is 0.0565. The molecule has 0 spiro atoms. The molecule has 1 aromatic carbocycles. The molecule has 2 N–H and O–H groups in total. The normalized spacial score (nSPS) is 13.9. The number of carbonyl (C=O) groups excluding carboxylic acids is 1. The molecule has 0 bridgehead atoms. The summed E-state index contributed by atoms with van der Waals surface area (Å²) in [6.07, 6.45) is -0.244. The maximum absolute atomic E-state index is 13.6. The average Bonchev–Trinajstić information content (AvgIpc) is 2.34. The Kier molecular flexibility index (Phi) is 5.11. The Morgan fingerprint density at radius 2 is 2.05 bits per heavy atom. The molecular weight excluding hydrogens is 285 g/mol. The van der Waals surface area contributed by atoms with Gasteiger partial charge in [-0.05, 0) is 25.0 Å². The third-order valence-electron chi connectivity index (χ3n) is 3.52. The average molecular weight is 302 g/mol. The first-order chi connectivity index (χ1) is 9.18. The molecule has 0 fully saturated rings. The van der Waals surface area contributed by atoms with E-state index in [9.17, 15) is 19.1 Å². The third kappa shape index (κ3) is 3.48. The van der Waals surface area contributed by atoms with E-state index in [1.165, 1.54) is 25.1 Å². The predicted octanol–water partition coefficient (Wildman–Crippen LogP) is 3.55. The van der Waals surface area contributed by atoms with Crippen molar-refractivity contribution in [2.24, 2.45) is 11.3 Å². The van der Waals surface area contributed by atoms with Crippen LogP contribution in [-0.2, 0) is 9.59 Å². The van der Waals surface area contributed by atoms with Crippen LogP contribution in [0.25, 0.3) is 0 Å². The summed E-state index contributed by atoms with van der Waals surface area (Å²) in [7, 11) is 0. The quantitative estimate of drug-likeness (QED) is 0.874. The van der Waals surface area contributed by atoms with Crippen molar-refractivity contribution < 1.29 is 19.1 Å². The van der Waals surface area contributed by atoms with Crippen LogP contribution < -0.4 is 5.32 Å². The number of aliphatic carboxylic acids is 1. The molecule has 0 aliphatic carbocycles. The van der Waals surface area contributed by atoms with E-state index in [0.29, 0.717) is 0 Å². The summed E-state index contributed by atoms with van der Waals surface area (Å²) >= 11 is 5.61. The molecule has 0 saturated heterocycles. The highest BCUT2D eigenvalue weighted by Gasteiger charge is 2.38. The molecule has 110 valence electrons. The first kappa shape index (κ1) is 16.4.